The number of nitro benzene ring substituents is 1. The van der Waals surface area contributed by atoms with Crippen molar-refractivity contribution in [1.29, 1.82) is 0 Å². The number of amidine groups is 1. The third-order valence-electron chi connectivity index (χ3n) is 3.68. The summed E-state index contributed by atoms with van der Waals surface area (Å²) >= 11 is 0.891. The van der Waals surface area contributed by atoms with Gasteiger partial charge in [0, 0.05) is 17.7 Å². The first-order valence-electron chi connectivity index (χ1n) is 8.47. The summed E-state index contributed by atoms with van der Waals surface area (Å²) in [6.07, 6.45) is 2.27. The van der Waals surface area contributed by atoms with Gasteiger partial charge in [0.1, 0.15) is 11.6 Å². The number of methoxy groups -OCH3 is 1. The molecule has 31 heavy (non-hydrogen) atoms. The Balaban J connectivity index is 1.75. The molecule has 3 rings (SSSR count). The monoisotopic (exact) mass is 444 g/mol. The lowest BCUT2D eigenvalue weighted by molar-refractivity contribution is -0.385. The first-order valence-corrected chi connectivity index (χ1v) is 9.29. The molecule has 1 aliphatic heterocycles. The molecule has 0 saturated carbocycles. The number of esters is 1. The lowest BCUT2D eigenvalue weighted by Crippen LogP contribution is -2.19. The second-order valence-electron chi connectivity index (χ2n) is 5.78. The number of rotatable bonds is 6. The largest absolute Gasteiger partial charge is 0.466 e. The van der Waals surface area contributed by atoms with Crippen molar-refractivity contribution in [2.75, 3.05) is 7.11 Å². The number of nitro groups is 1. The first-order chi connectivity index (χ1) is 14.9. The van der Waals surface area contributed by atoms with Gasteiger partial charge in [-0.1, -0.05) is 0 Å². The Labute approximate surface area is 178 Å². The number of halogens is 1. The van der Waals surface area contributed by atoms with E-state index in [0.717, 1.165) is 17.8 Å². The maximum absolute atomic E-state index is 13.0. The highest BCUT2D eigenvalue weighted by Crippen LogP contribution is 2.32. The van der Waals surface area contributed by atoms with Gasteiger partial charge in [0.2, 0.25) is 5.75 Å². The van der Waals surface area contributed by atoms with Crippen LogP contribution in [0.3, 0.4) is 0 Å². The van der Waals surface area contributed by atoms with Crippen molar-refractivity contribution in [1.82, 2.24) is 5.32 Å². The van der Waals surface area contributed by atoms with E-state index in [2.05, 4.69) is 20.3 Å². The Kier molecular flexibility index (Phi) is 6.72. The lowest BCUT2D eigenvalue weighted by Gasteiger charge is -2.06. The molecule has 10 nitrogen and oxygen atoms in total. The van der Waals surface area contributed by atoms with E-state index in [1.165, 1.54) is 55.8 Å². The zero-order valence-electron chi connectivity index (χ0n) is 15.8. The third kappa shape index (κ3) is 5.73. The lowest BCUT2D eigenvalue weighted by atomic mass is 10.2. The number of ether oxygens (including phenoxy) is 2. The molecule has 158 valence electrons. The molecule has 1 N–H and O–H groups in total. The van der Waals surface area contributed by atoms with E-state index in [1.54, 1.807) is 0 Å². The van der Waals surface area contributed by atoms with E-state index in [-0.39, 0.29) is 27.3 Å². The fourth-order valence-corrected chi connectivity index (χ4v) is 3.00. The molecule has 2 aromatic rings. The van der Waals surface area contributed by atoms with Gasteiger partial charge in [-0.3, -0.25) is 20.2 Å². The Morgan fingerprint density at radius 1 is 1.26 bits per heavy atom. The molecule has 0 bridgehead atoms. The van der Waals surface area contributed by atoms with Crippen LogP contribution in [0.5, 0.6) is 11.5 Å². The van der Waals surface area contributed by atoms with Gasteiger partial charge in [-0.2, -0.15) is 5.10 Å². The van der Waals surface area contributed by atoms with Crippen molar-refractivity contribution in [2.24, 2.45) is 10.2 Å². The summed E-state index contributed by atoms with van der Waals surface area (Å²) in [6.45, 7) is 0. The Morgan fingerprint density at radius 3 is 2.68 bits per heavy atom. The number of hydrogen-bond acceptors (Lipinski definition) is 9. The summed E-state index contributed by atoms with van der Waals surface area (Å²) in [5, 5.41) is 21.5. The third-order valence-corrected chi connectivity index (χ3v) is 4.58. The number of carbonyl (C=O) groups is 2. The zero-order valence-corrected chi connectivity index (χ0v) is 16.6. The van der Waals surface area contributed by atoms with Crippen molar-refractivity contribution < 1.29 is 28.4 Å². The second-order valence-corrected chi connectivity index (χ2v) is 6.81. The fraction of sp³-hybridized carbons (Fsp3) is 0.0526. The summed E-state index contributed by atoms with van der Waals surface area (Å²) in [5.41, 5.74) is 0.0231. The quantitative estimate of drug-likeness (QED) is 0.238. The minimum Gasteiger partial charge on any atom is -0.466 e. The number of hydrogen-bond donors (Lipinski definition) is 1. The standard InChI is InChI=1S/C19H13FN4O6S/c1-29-17(25)9-16-18(26)22-19(31-16)23-21-10-11-2-7-15(14(8-11)24(27)28)30-13-5-3-12(20)4-6-13/h2-10H,1H3,(H,22,23,26)/b16-9+,21-10?. The highest BCUT2D eigenvalue weighted by atomic mass is 32.2. The van der Waals surface area contributed by atoms with E-state index >= 15 is 0 Å². The highest BCUT2D eigenvalue weighted by molar-refractivity contribution is 8.18. The van der Waals surface area contributed by atoms with E-state index in [4.69, 9.17) is 4.74 Å². The SMILES string of the molecule is COC(=O)/C=C1/S/C(=N\N=Cc2ccc(Oc3ccc(F)cc3)c([N+](=O)[O-])c2)NC1=O. The molecule has 1 fully saturated rings. The number of thioether (sulfide) groups is 1. The van der Waals surface area contributed by atoms with Crippen LogP contribution in [0.25, 0.3) is 0 Å². The molecule has 0 atom stereocenters. The minimum absolute atomic E-state index is 0.0312. The van der Waals surface area contributed by atoms with Crippen molar-refractivity contribution >= 4 is 40.7 Å². The molecule has 0 aromatic heterocycles. The molecule has 1 heterocycles. The molecule has 12 heteroatoms. The summed E-state index contributed by atoms with van der Waals surface area (Å²) in [6, 6.07) is 9.16. The second kappa shape index (κ2) is 9.63. The molecule has 0 spiro atoms. The van der Waals surface area contributed by atoms with E-state index in [9.17, 15) is 24.1 Å². The van der Waals surface area contributed by atoms with Gasteiger partial charge in [0.15, 0.2) is 5.17 Å². The van der Waals surface area contributed by atoms with Gasteiger partial charge in [0.25, 0.3) is 5.91 Å². The van der Waals surface area contributed by atoms with E-state index < -0.39 is 22.6 Å². The van der Waals surface area contributed by atoms with Gasteiger partial charge >= 0.3 is 11.7 Å². The predicted molar refractivity (Wildman–Crippen MR) is 110 cm³/mol. The molecule has 1 aliphatic rings. The van der Waals surface area contributed by atoms with Crippen LogP contribution in [0.4, 0.5) is 10.1 Å². The normalized spacial score (nSPS) is 16.0. The number of benzene rings is 2. The molecule has 0 unspecified atom stereocenters. The van der Waals surface area contributed by atoms with Crippen LogP contribution in [0.1, 0.15) is 5.56 Å². The summed E-state index contributed by atoms with van der Waals surface area (Å²) < 4.78 is 22.9. The minimum atomic E-state index is -0.683. The van der Waals surface area contributed by atoms with E-state index in [0.29, 0.717) is 5.56 Å². The Hall–Kier alpha value is -4.06. The summed E-state index contributed by atoms with van der Waals surface area (Å²) in [4.78, 5) is 33.8. The average Bonchev–Trinajstić information content (AvgIpc) is 3.09. The van der Waals surface area contributed by atoms with Gasteiger partial charge < -0.3 is 9.47 Å². The topological polar surface area (TPSA) is 132 Å². The average molecular weight is 444 g/mol. The maximum atomic E-state index is 13.0. The maximum Gasteiger partial charge on any atom is 0.331 e. The number of carbonyl (C=O) groups excluding carboxylic acids is 2. The molecule has 2 aromatic carbocycles. The zero-order chi connectivity index (χ0) is 22.4. The summed E-state index contributed by atoms with van der Waals surface area (Å²) in [5.74, 6) is -1.46. The predicted octanol–water partition coefficient (Wildman–Crippen LogP) is 3.14. The van der Waals surface area contributed by atoms with Crippen molar-refractivity contribution in [3.63, 3.8) is 0 Å². The Morgan fingerprint density at radius 2 is 2.00 bits per heavy atom. The number of amides is 1. The summed E-state index contributed by atoms with van der Waals surface area (Å²) in [7, 11) is 1.19. The molecule has 1 saturated heterocycles. The van der Waals surface area contributed by atoms with E-state index in [1.807, 2.05) is 0 Å². The molecular weight excluding hydrogens is 431 g/mol. The van der Waals surface area contributed by atoms with Crippen molar-refractivity contribution in [2.45, 2.75) is 0 Å². The fourth-order valence-electron chi connectivity index (χ4n) is 2.26. The molecule has 0 aliphatic carbocycles. The van der Waals surface area contributed by atoms with Crippen LogP contribution in [0.2, 0.25) is 0 Å². The number of nitrogens with zero attached hydrogens (tertiary/aromatic N) is 3. The molecular formula is C19H13FN4O6S. The van der Waals surface area contributed by atoms with Crippen LogP contribution < -0.4 is 10.1 Å². The first kappa shape index (κ1) is 21.6. The van der Waals surface area contributed by atoms with Gasteiger partial charge in [-0.15, -0.1) is 5.10 Å². The van der Waals surface area contributed by atoms with Gasteiger partial charge in [-0.25, -0.2) is 9.18 Å². The number of nitrogens with one attached hydrogen (secondary N) is 1. The van der Waals surface area contributed by atoms with Crippen LogP contribution >= 0.6 is 11.8 Å². The van der Waals surface area contributed by atoms with Crippen molar-refractivity contribution in [3.05, 3.63) is 74.9 Å². The van der Waals surface area contributed by atoms with Crippen molar-refractivity contribution in [3.8, 4) is 11.5 Å². The van der Waals surface area contributed by atoms with Crippen LogP contribution in [0, 0.1) is 15.9 Å². The van der Waals surface area contributed by atoms with Crippen LogP contribution in [0.15, 0.2) is 63.6 Å². The van der Waals surface area contributed by atoms with Crippen LogP contribution in [-0.4, -0.2) is 35.3 Å². The van der Waals surface area contributed by atoms with Gasteiger partial charge in [0.05, 0.1) is 23.2 Å². The molecule has 0 radical (unpaired) electrons. The molecule has 1 amide bonds. The smallest absolute Gasteiger partial charge is 0.331 e. The van der Waals surface area contributed by atoms with Gasteiger partial charge in [-0.05, 0) is 48.2 Å². The highest BCUT2D eigenvalue weighted by Gasteiger charge is 2.25. The van der Waals surface area contributed by atoms with Crippen LogP contribution in [-0.2, 0) is 14.3 Å². The Bertz CT molecular complexity index is 1130.